The minimum Gasteiger partial charge on any atom is -0.319 e. The van der Waals surface area contributed by atoms with Crippen LogP contribution in [0, 0.1) is 5.92 Å². The Morgan fingerprint density at radius 2 is 2.19 bits per heavy atom. The lowest BCUT2D eigenvalue weighted by Gasteiger charge is -2.14. The number of nitrogens with one attached hydrogen (secondary N) is 1. The topological polar surface area (TPSA) is 46.9 Å². The molecule has 5 heteroatoms. The van der Waals surface area contributed by atoms with E-state index in [2.05, 4.69) is 10.4 Å². The lowest BCUT2D eigenvalue weighted by molar-refractivity contribution is 0.0917. The number of carbonyl (C=O) groups excluding carboxylic acids is 1. The second kappa shape index (κ2) is 5.46. The van der Waals surface area contributed by atoms with Crippen LogP contribution in [0.1, 0.15) is 37.3 Å². The smallest absolute Gasteiger partial charge is 0.186 e. The van der Waals surface area contributed by atoms with Crippen molar-refractivity contribution in [2.75, 3.05) is 13.6 Å². The summed E-state index contributed by atoms with van der Waals surface area (Å²) in [6.45, 7) is 6.47. The summed E-state index contributed by atoms with van der Waals surface area (Å²) < 4.78 is 1.68. The van der Waals surface area contributed by atoms with E-state index in [9.17, 15) is 4.79 Å². The first kappa shape index (κ1) is 13.2. The third-order valence-corrected chi connectivity index (χ3v) is 2.71. The van der Waals surface area contributed by atoms with Crippen molar-refractivity contribution >= 4 is 17.4 Å². The molecule has 0 spiro atoms. The highest BCUT2D eigenvalue weighted by molar-refractivity contribution is 6.33. The van der Waals surface area contributed by atoms with E-state index in [1.165, 1.54) is 6.20 Å². The molecule has 0 saturated carbocycles. The van der Waals surface area contributed by atoms with E-state index in [0.717, 1.165) is 0 Å². The summed E-state index contributed by atoms with van der Waals surface area (Å²) in [7, 11) is 1.82. The van der Waals surface area contributed by atoms with Gasteiger partial charge in [-0.05, 0) is 20.9 Å². The number of aromatic nitrogens is 2. The monoisotopic (exact) mass is 243 g/mol. The molecule has 1 heterocycles. The van der Waals surface area contributed by atoms with Crippen molar-refractivity contribution in [1.29, 1.82) is 0 Å². The van der Waals surface area contributed by atoms with Gasteiger partial charge in [-0.25, -0.2) is 0 Å². The van der Waals surface area contributed by atoms with E-state index in [0.29, 0.717) is 17.3 Å². The average molecular weight is 244 g/mol. The summed E-state index contributed by atoms with van der Waals surface area (Å²) in [6.07, 6.45) is 1.53. The molecule has 0 aliphatic heterocycles. The first-order valence-electron chi connectivity index (χ1n) is 5.40. The van der Waals surface area contributed by atoms with Gasteiger partial charge in [-0.2, -0.15) is 5.10 Å². The van der Waals surface area contributed by atoms with E-state index in [1.807, 2.05) is 27.8 Å². The molecule has 1 unspecified atom stereocenters. The van der Waals surface area contributed by atoms with Crippen molar-refractivity contribution in [3.05, 3.63) is 16.9 Å². The zero-order chi connectivity index (χ0) is 12.3. The van der Waals surface area contributed by atoms with Gasteiger partial charge in [0, 0.05) is 18.5 Å². The second-order valence-electron chi connectivity index (χ2n) is 4.20. The summed E-state index contributed by atoms with van der Waals surface area (Å²) in [6, 6.07) is 0.133. The van der Waals surface area contributed by atoms with Crippen molar-refractivity contribution in [3.8, 4) is 0 Å². The van der Waals surface area contributed by atoms with Crippen LogP contribution in [0.15, 0.2) is 6.20 Å². The van der Waals surface area contributed by atoms with Gasteiger partial charge in [0.1, 0.15) is 5.69 Å². The van der Waals surface area contributed by atoms with Gasteiger partial charge in [0.05, 0.1) is 11.2 Å². The molecule has 90 valence electrons. The fraction of sp³-hybridized carbons (Fsp3) is 0.636. The molecule has 1 N–H and O–H groups in total. The molecular formula is C11H18ClN3O. The molecule has 1 aromatic heterocycles. The number of Topliss-reactive ketones (excluding diaryl/α,β-unsaturated/α-hetero) is 1. The van der Waals surface area contributed by atoms with E-state index in [4.69, 9.17) is 11.6 Å². The first-order valence-corrected chi connectivity index (χ1v) is 5.78. The van der Waals surface area contributed by atoms with Crippen molar-refractivity contribution < 1.29 is 4.79 Å². The van der Waals surface area contributed by atoms with Crippen LogP contribution in [0.4, 0.5) is 0 Å². The van der Waals surface area contributed by atoms with Crippen LogP contribution in [0.25, 0.3) is 0 Å². The molecule has 0 aliphatic carbocycles. The SMILES string of the molecule is CNCC(C)C(=O)c1c(Cl)cnn1C(C)C. The maximum absolute atomic E-state index is 12.2. The third-order valence-electron chi connectivity index (χ3n) is 2.43. The maximum Gasteiger partial charge on any atom is 0.186 e. The minimum atomic E-state index is -0.100. The van der Waals surface area contributed by atoms with E-state index in [-0.39, 0.29) is 17.7 Å². The Labute approximate surface area is 101 Å². The number of hydrogen-bond donors (Lipinski definition) is 1. The van der Waals surface area contributed by atoms with Gasteiger partial charge < -0.3 is 5.32 Å². The summed E-state index contributed by atoms with van der Waals surface area (Å²) >= 11 is 6.00. The molecule has 0 fully saturated rings. The number of ketones is 1. The van der Waals surface area contributed by atoms with Crippen LogP contribution in [-0.4, -0.2) is 29.2 Å². The number of carbonyl (C=O) groups is 1. The Morgan fingerprint density at radius 3 is 2.69 bits per heavy atom. The van der Waals surface area contributed by atoms with Crippen molar-refractivity contribution in [2.45, 2.75) is 26.8 Å². The molecule has 4 nitrogen and oxygen atoms in total. The minimum absolute atomic E-state index is 0.0329. The fourth-order valence-electron chi connectivity index (χ4n) is 1.60. The Balaban J connectivity index is 3.02. The molecule has 0 aliphatic rings. The zero-order valence-corrected chi connectivity index (χ0v) is 10.9. The van der Waals surface area contributed by atoms with Crippen molar-refractivity contribution in [1.82, 2.24) is 15.1 Å². The number of nitrogens with zero attached hydrogens (tertiary/aromatic N) is 2. The van der Waals surface area contributed by atoms with E-state index < -0.39 is 0 Å². The molecule has 1 aromatic rings. The fourth-order valence-corrected chi connectivity index (χ4v) is 1.82. The number of rotatable bonds is 5. The first-order chi connectivity index (χ1) is 7.49. The molecule has 1 rings (SSSR count). The highest BCUT2D eigenvalue weighted by Gasteiger charge is 2.23. The predicted octanol–water partition coefficient (Wildman–Crippen LogP) is 2.16. The summed E-state index contributed by atoms with van der Waals surface area (Å²) in [4.78, 5) is 12.2. The Hall–Kier alpha value is -0.870. The standard InChI is InChI=1S/C11H18ClN3O/c1-7(2)15-10(9(12)6-14-15)11(16)8(3)5-13-4/h6-8,13H,5H2,1-4H3. The van der Waals surface area contributed by atoms with Gasteiger partial charge >= 0.3 is 0 Å². The molecular weight excluding hydrogens is 226 g/mol. The highest BCUT2D eigenvalue weighted by Crippen LogP contribution is 2.21. The summed E-state index contributed by atoms with van der Waals surface area (Å²) in [5.41, 5.74) is 0.513. The highest BCUT2D eigenvalue weighted by atomic mass is 35.5. The lowest BCUT2D eigenvalue weighted by atomic mass is 10.0. The van der Waals surface area contributed by atoms with Crippen LogP contribution >= 0.6 is 11.6 Å². The van der Waals surface area contributed by atoms with Crippen LogP contribution in [0.3, 0.4) is 0 Å². The Kier molecular flexibility index (Phi) is 4.50. The van der Waals surface area contributed by atoms with Gasteiger partial charge in [-0.1, -0.05) is 18.5 Å². The van der Waals surface area contributed by atoms with Crippen LogP contribution in [-0.2, 0) is 0 Å². The third kappa shape index (κ3) is 2.62. The Bertz CT molecular complexity index is 373. The van der Waals surface area contributed by atoms with Crippen molar-refractivity contribution in [3.63, 3.8) is 0 Å². The number of hydrogen-bond acceptors (Lipinski definition) is 3. The van der Waals surface area contributed by atoms with Crippen LogP contribution in [0.2, 0.25) is 5.02 Å². The summed E-state index contributed by atoms with van der Waals surface area (Å²) in [5.74, 6) is -0.0674. The lowest BCUT2D eigenvalue weighted by Crippen LogP contribution is -2.26. The zero-order valence-electron chi connectivity index (χ0n) is 10.1. The van der Waals surface area contributed by atoms with Gasteiger partial charge in [0.2, 0.25) is 0 Å². The largest absolute Gasteiger partial charge is 0.319 e. The average Bonchev–Trinajstić information content (AvgIpc) is 2.59. The van der Waals surface area contributed by atoms with Gasteiger partial charge in [0.15, 0.2) is 5.78 Å². The predicted molar refractivity (Wildman–Crippen MR) is 65.0 cm³/mol. The maximum atomic E-state index is 12.2. The molecule has 0 bridgehead atoms. The van der Waals surface area contributed by atoms with Gasteiger partial charge in [-0.3, -0.25) is 9.48 Å². The molecule has 1 atom stereocenters. The van der Waals surface area contributed by atoms with E-state index in [1.54, 1.807) is 4.68 Å². The van der Waals surface area contributed by atoms with Crippen LogP contribution < -0.4 is 5.32 Å². The van der Waals surface area contributed by atoms with Crippen LogP contribution in [0.5, 0.6) is 0 Å². The normalized spacial score (nSPS) is 13.1. The quantitative estimate of drug-likeness (QED) is 0.807. The Morgan fingerprint density at radius 1 is 1.56 bits per heavy atom. The molecule has 0 amide bonds. The van der Waals surface area contributed by atoms with Crippen molar-refractivity contribution in [2.24, 2.45) is 5.92 Å². The second-order valence-corrected chi connectivity index (χ2v) is 4.61. The molecule has 0 saturated heterocycles. The summed E-state index contributed by atoms with van der Waals surface area (Å²) in [5, 5.41) is 7.54. The van der Waals surface area contributed by atoms with Gasteiger partial charge in [0.25, 0.3) is 0 Å². The molecule has 16 heavy (non-hydrogen) atoms. The van der Waals surface area contributed by atoms with Gasteiger partial charge in [-0.15, -0.1) is 0 Å². The molecule has 0 aromatic carbocycles. The van der Waals surface area contributed by atoms with E-state index >= 15 is 0 Å². The molecule has 0 radical (unpaired) electrons. The number of halogens is 1.